The quantitative estimate of drug-likeness (QED) is 0.659. The molecule has 2 aromatic rings. The number of piperidine rings is 2. The molecule has 2 aliphatic heterocycles. The molecule has 0 bridgehead atoms. The standard InChI is InChI=1S/C23H30FN3O4S/c1-25-13-10-20(11-14-25)27(17-21-5-3-15-31-21)23(28)18-4-2-12-26(16-18)32(29,30)22-8-6-19(24)7-9-22/h3,5-9,15,18,20H,2,4,10-14,16-17H2,1H3. The zero-order chi connectivity index (χ0) is 22.7. The molecule has 1 amide bonds. The second-order valence-corrected chi connectivity index (χ2v) is 10.7. The fourth-order valence-corrected chi connectivity index (χ4v) is 6.14. The zero-order valence-corrected chi connectivity index (χ0v) is 19.1. The molecule has 2 aliphatic rings. The Labute approximate surface area is 188 Å². The number of carbonyl (C=O) groups excluding carboxylic acids is 1. The van der Waals surface area contributed by atoms with Crippen molar-refractivity contribution in [1.29, 1.82) is 0 Å². The highest BCUT2D eigenvalue weighted by molar-refractivity contribution is 7.89. The van der Waals surface area contributed by atoms with Crippen molar-refractivity contribution in [2.75, 3.05) is 33.2 Å². The van der Waals surface area contributed by atoms with Crippen LogP contribution < -0.4 is 0 Å². The fraction of sp³-hybridized carbons (Fsp3) is 0.522. The van der Waals surface area contributed by atoms with Gasteiger partial charge in [-0.15, -0.1) is 0 Å². The second-order valence-electron chi connectivity index (χ2n) is 8.74. The molecule has 2 saturated heterocycles. The Morgan fingerprint density at radius 1 is 1.12 bits per heavy atom. The molecule has 3 heterocycles. The number of sulfonamides is 1. The number of furan rings is 1. The average Bonchev–Trinajstić information content (AvgIpc) is 3.31. The number of amides is 1. The molecule has 7 nitrogen and oxygen atoms in total. The number of nitrogens with zero attached hydrogens (tertiary/aromatic N) is 3. The van der Waals surface area contributed by atoms with E-state index in [1.807, 2.05) is 17.0 Å². The minimum Gasteiger partial charge on any atom is -0.467 e. The molecule has 0 spiro atoms. The summed E-state index contributed by atoms with van der Waals surface area (Å²) in [6.45, 7) is 2.72. The Balaban J connectivity index is 1.52. The van der Waals surface area contributed by atoms with Gasteiger partial charge < -0.3 is 14.2 Å². The van der Waals surface area contributed by atoms with Gasteiger partial charge in [-0.25, -0.2) is 12.8 Å². The molecule has 174 valence electrons. The second kappa shape index (κ2) is 9.72. The minimum absolute atomic E-state index is 0.0186. The molecule has 2 fully saturated rings. The highest BCUT2D eigenvalue weighted by Gasteiger charge is 2.37. The number of carbonyl (C=O) groups is 1. The van der Waals surface area contributed by atoms with E-state index in [1.54, 1.807) is 6.26 Å². The summed E-state index contributed by atoms with van der Waals surface area (Å²) in [7, 11) is -1.70. The number of benzene rings is 1. The summed E-state index contributed by atoms with van der Waals surface area (Å²) >= 11 is 0. The van der Waals surface area contributed by atoms with E-state index in [1.165, 1.54) is 16.4 Å². The van der Waals surface area contributed by atoms with E-state index in [4.69, 9.17) is 4.42 Å². The zero-order valence-electron chi connectivity index (χ0n) is 18.3. The number of hydrogen-bond acceptors (Lipinski definition) is 5. The van der Waals surface area contributed by atoms with Crippen molar-refractivity contribution in [3.05, 3.63) is 54.2 Å². The van der Waals surface area contributed by atoms with E-state index in [2.05, 4.69) is 11.9 Å². The molecule has 0 aliphatic carbocycles. The van der Waals surface area contributed by atoms with E-state index >= 15 is 0 Å². The van der Waals surface area contributed by atoms with E-state index in [9.17, 15) is 17.6 Å². The van der Waals surface area contributed by atoms with Crippen LogP contribution in [-0.4, -0.2) is 67.7 Å². The lowest BCUT2D eigenvalue weighted by Crippen LogP contribution is -2.51. The van der Waals surface area contributed by atoms with Gasteiger partial charge in [-0.1, -0.05) is 0 Å². The van der Waals surface area contributed by atoms with E-state index in [0.717, 1.165) is 43.8 Å². The summed E-state index contributed by atoms with van der Waals surface area (Å²) in [6.07, 6.45) is 4.62. The predicted molar refractivity (Wildman–Crippen MR) is 118 cm³/mol. The Bertz CT molecular complexity index is 1000. The van der Waals surface area contributed by atoms with Crippen LogP contribution >= 0.6 is 0 Å². The maximum Gasteiger partial charge on any atom is 0.243 e. The topological polar surface area (TPSA) is 74.1 Å². The van der Waals surface area contributed by atoms with Crippen molar-refractivity contribution in [1.82, 2.24) is 14.1 Å². The van der Waals surface area contributed by atoms with Crippen LogP contribution in [0.25, 0.3) is 0 Å². The Kier molecular flexibility index (Phi) is 6.97. The first-order chi connectivity index (χ1) is 15.3. The first-order valence-corrected chi connectivity index (χ1v) is 12.6. The summed E-state index contributed by atoms with van der Waals surface area (Å²) in [6, 6.07) is 8.62. The van der Waals surface area contributed by atoms with E-state index < -0.39 is 21.8 Å². The number of likely N-dealkylation sites (tertiary alicyclic amines) is 1. The number of rotatable bonds is 6. The van der Waals surface area contributed by atoms with E-state index in [-0.39, 0.29) is 23.4 Å². The van der Waals surface area contributed by atoms with Crippen LogP contribution in [0.15, 0.2) is 52.0 Å². The highest BCUT2D eigenvalue weighted by Crippen LogP contribution is 2.28. The van der Waals surface area contributed by atoms with Crippen LogP contribution in [0, 0.1) is 11.7 Å². The Morgan fingerprint density at radius 2 is 1.84 bits per heavy atom. The van der Waals surface area contributed by atoms with Crippen LogP contribution in [0.4, 0.5) is 4.39 Å². The third-order valence-electron chi connectivity index (χ3n) is 6.50. The van der Waals surface area contributed by atoms with Gasteiger partial charge >= 0.3 is 0 Å². The maximum atomic E-state index is 13.7. The summed E-state index contributed by atoms with van der Waals surface area (Å²) in [5.74, 6) is -0.185. The van der Waals surface area contributed by atoms with Gasteiger partial charge in [0.05, 0.1) is 23.6 Å². The largest absolute Gasteiger partial charge is 0.467 e. The van der Waals surface area contributed by atoms with Crippen molar-refractivity contribution in [2.24, 2.45) is 5.92 Å². The van der Waals surface area contributed by atoms with Crippen molar-refractivity contribution in [2.45, 2.75) is 43.2 Å². The molecule has 1 atom stereocenters. The molecule has 1 aromatic carbocycles. The number of hydrogen-bond donors (Lipinski definition) is 0. The lowest BCUT2D eigenvalue weighted by molar-refractivity contribution is -0.141. The predicted octanol–water partition coefficient (Wildman–Crippen LogP) is 2.94. The SMILES string of the molecule is CN1CCC(N(Cc2ccco2)C(=O)C2CCCN(S(=O)(=O)c3ccc(F)cc3)C2)CC1. The van der Waals surface area contributed by atoms with Gasteiger partial charge in [0.2, 0.25) is 15.9 Å². The number of halogens is 1. The summed E-state index contributed by atoms with van der Waals surface area (Å²) in [5.41, 5.74) is 0. The molecule has 32 heavy (non-hydrogen) atoms. The minimum atomic E-state index is -3.78. The van der Waals surface area contributed by atoms with Crippen molar-refractivity contribution < 1.29 is 22.0 Å². The van der Waals surface area contributed by atoms with Gasteiger partial charge in [-0.3, -0.25) is 4.79 Å². The molecule has 0 radical (unpaired) electrons. The van der Waals surface area contributed by atoms with Gasteiger partial charge in [0.1, 0.15) is 11.6 Å². The average molecular weight is 464 g/mol. The monoisotopic (exact) mass is 463 g/mol. The van der Waals surface area contributed by atoms with Crippen molar-refractivity contribution >= 4 is 15.9 Å². The van der Waals surface area contributed by atoms with Crippen molar-refractivity contribution in [3.8, 4) is 0 Å². The molecular formula is C23H30FN3O4S. The normalized spacial score (nSPS) is 21.5. The lowest BCUT2D eigenvalue weighted by atomic mass is 9.95. The summed E-state index contributed by atoms with van der Waals surface area (Å²) in [4.78, 5) is 17.9. The van der Waals surface area contributed by atoms with Gasteiger partial charge in [0.15, 0.2) is 0 Å². The smallest absolute Gasteiger partial charge is 0.243 e. The van der Waals surface area contributed by atoms with Crippen molar-refractivity contribution in [3.63, 3.8) is 0 Å². The van der Waals surface area contributed by atoms with Gasteiger partial charge in [-0.05, 0) is 82.2 Å². The van der Waals surface area contributed by atoms with Crippen LogP contribution in [0.1, 0.15) is 31.4 Å². The van der Waals surface area contributed by atoms with E-state index in [0.29, 0.717) is 25.9 Å². The molecule has 1 aromatic heterocycles. The van der Waals surface area contributed by atoms with Crippen LogP contribution in [0.2, 0.25) is 0 Å². The maximum absolute atomic E-state index is 13.7. The molecule has 0 N–H and O–H groups in total. The van der Waals surface area contributed by atoms with Gasteiger partial charge in [-0.2, -0.15) is 4.31 Å². The first kappa shape index (κ1) is 22.9. The Hall–Kier alpha value is -2.23. The molecule has 1 unspecified atom stereocenters. The molecular weight excluding hydrogens is 433 g/mol. The molecule has 9 heteroatoms. The lowest BCUT2D eigenvalue weighted by Gasteiger charge is -2.40. The highest BCUT2D eigenvalue weighted by atomic mass is 32.2. The fourth-order valence-electron chi connectivity index (χ4n) is 4.62. The molecule has 0 saturated carbocycles. The van der Waals surface area contributed by atoms with Crippen LogP contribution in [0.5, 0.6) is 0 Å². The van der Waals surface area contributed by atoms with Gasteiger partial charge in [0, 0.05) is 19.1 Å². The summed E-state index contributed by atoms with van der Waals surface area (Å²) in [5, 5.41) is 0. The summed E-state index contributed by atoms with van der Waals surface area (Å²) < 4.78 is 46.3. The van der Waals surface area contributed by atoms with Crippen LogP contribution in [-0.2, 0) is 21.4 Å². The van der Waals surface area contributed by atoms with Crippen LogP contribution in [0.3, 0.4) is 0 Å². The Morgan fingerprint density at radius 3 is 2.50 bits per heavy atom. The third-order valence-corrected chi connectivity index (χ3v) is 8.38. The third kappa shape index (κ3) is 5.05. The molecule has 4 rings (SSSR count). The first-order valence-electron chi connectivity index (χ1n) is 11.1. The van der Waals surface area contributed by atoms with Gasteiger partial charge in [0.25, 0.3) is 0 Å².